The van der Waals surface area contributed by atoms with Crippen molar-refractivity contribution in [2.45, 2.75) is 24.6 Å². The molecule has 0 spiro atoms. The van der Waals surface area contributed by atoms with Gasteiger partial charge in [-0.1, -0.05) is 35.5 Å². The number of aryl methyl sites for hydroxylation is 2. The summed E-state index contributed by atoms with van der Waals surface area (Å²) in [5.41, 5.74) is 4.81. The Morgan fingerprint density at radius 1 is 1.18 bits per heavy atom. The van der Waals surface area contributed by atoms with Gasteiger partial charge in [0.25, 0.3) is 0 Å². The third-order valence-electron chi connectivity index (χ3n) is 4.41. The van der Waals surface area contributed by atoms with Gasteiger partial charge in [0.2, 0.25) is 5.76 Å². The Balaban J connectivity index is 1.67. The SMILES string of the molecule is COC(=O)c1ccc(CSc2ncnc3scc(-c4ccc(C)cc4C)c23)o1. The second-order valence-corrected chi connectivity index (χ2v) is 8.20. The molecule has 7 heteroatoms. The van der Waals surface area contributed by atoms with Crippen molar-refractivity contribution < 1.29 is 13.9 Å². The van der Waals surface area contributed by atoms with Gasteiger partial charge in [-0.05, 0) is 37.1 Å². The van der Waals surface area contributed by atoms with E-state index in [2.05, 4.69) is 52.1 Å². The molecule has 3 aromatic heterocycles. The van der Waals surface area contributed by atoms with Crippen LogP contribution in [0.1, 0.15) is 27.4 Å². The third-order valence-corrected chi connectivity index (χ3v) is 6.31. The number of ether oxygens (including phenoxy) is 1. The van der Waals surface area contributed by atoms with Gasteiger partial charge in [0.1, 0.15) is 21.9 Å². The molecule has 0 N–H and O–H groups in total. The van der Waals surface area contributed by atoms with Crippen LogP contribution >= 0.6 is 23.1 Å². The summed E-state index contributed by atoms with van der Waals surface area (Å²) in [6.45, 7) is 4.22. The number of carbonyl (C=O) groups is 1. The monoisotopic (exact) mass is 410 g/mol. The number of esters is 1. The molecule has 0 unspecified atom stereocenters. The molecule has 28 heavy (non-hydrogen) atoms. The van der Waals surface area contributed by atoms with Gasteiger partial charge in [-0.15, -0.1) is 11.3 Å². The molecule has 4 rings (SSSR count). The lowest BCUT2D eigenvalue weighted by molar-refractivity contribution is 0.0563. The van der Waals surface area contributed by atoms with Crippen molar-refractivity contribution >= 4 is 39.3 Å². The van der Waals surface area contributed by atoms with Gasteiger partial charge in [-0.3, -0.25) is 0 Å². The minimum Gasteiger partial charge on any atom is -0.463 e. The van der Waals surface area contributed by atoms with Gasteiger partial charge in [0.15, 0.2) is 0 Å². The van der Waals surface area contributed by atoms with Crippen LogP contribution in [0.3, 0.4) is 0 Å². The molecule has 0 aliphatic carbocycles. The highest BCUT2D eigenvalue weighted by Crippen LogP contribution is 2.39. The number of methoxy groups -OCH3 is 1. The molecule has 0 bridgehead atoms. The molecule has 5 nitrogen and oxygen atoms in total. The molecule has 0 amide bonds. The van der Waals surface area contributed by atoms with E-state index in [-0.39, 0.29) is 5.76 Å². The van der Waals surface area contributed by atoms with Gasteiger partial charge < -0.3 is 9.15 Å². The summed E-state index contributed by atoms with van der Waals surface area (Å²) in [6, 6.07) is 9.88. The van der Waals surface area contributed by atoms with Crippen molar-refractivity contribution in [2.24, 2.45) is 0 Å². The summed E-state index contributed by atoms with van der Waals surface area (Å²) in [5, 5.41) is 4.10. The van der Waals surface area contributed by atoms with Crippen molar-refractivity contribution in [2.75, 3.05) is 7.11 Å². The lowest BCUT2D eigenvalue weighted by atomic mass is 9.99. The smallest absolute Gasteiger partial charge is 0.373 e. The highest BCUT2D eigenvalue weighted by atomic mass is 32.2. The first kappa shape index (κ1) is 18.7. The number of furan rings is 1. The number of hydrogen-bond donors (Lipinski definition) is 0. The fourth-order valence-electron chi connectivity index (χ4n) is 3.08. The molecule has 4 aromatic rings. The summed E-state index contributed by atoms with van der Waals surface area (Å²) in [7, 11) is 1.34. The zero-order chi connectivity index (χ0) is 19.7. The van der Waals surface area contributed by atoms with Crippen molar-refractivity contribution in [1.82, 2.24) is 9.97 Å². The molecule has 0 saturated heterocycles. The van der Waals surface area contributed by atoms with E-state index < -0.39 is 5.97 Å². The van der Waals surface area contributed by atoms with Crippen LogP contribution in [0.25, 0.3) is 21.3 Å². The zero-order valence-corrected chi connectivity index (χ0v) is 17.3. The van der Waals surface area contributed by atoms with E-state index >= 15 is 0 Å². The second-order valence-electron chi connectivity index (χ2n) is 6.37. The molecule has 0 fully saturated rings. The van der Waals surface area contributed by atoms with Gasteiger partial charge in [0, 0.05) is 10.9 Å². The van der Waals surface area contributed by atoms with Gasteiger partial charge >= 0.3 is 5.97 Å². The fraction of sp³-hybridized carbons (Fsp3) is 0.190. The quantitative estimate of drug-likeness (QED) is 0.241. The standard InChI is InChI=1S/C21H18N2O3S2/c1-12-4-6-15(13(2)8-12)16-10-28-20-18(16)19(22-11-23-20)27-9-14-5-7-17(26-14)21(24)25-3/h4-8,10-11H,9H2,1-3H3. The zero-order valence-electron chi connectivity index (χ0n) is 15.7. The summed E-state index contributed by atoms with van der Waals surface area (Å²) in [4.78, 5) is 21.5. The van der Waals surface area contributed by atoms with Crippen molar-refractivity contribution in [3.05, 3.63) is 64.7 Å². The Morgan fingerprint density at radius 2 is 2.04 bits per heavy atom. The molecular weight excluding hydrogens is 392 g/mol. The molecule has 0 radical (unpaired) electrons. The maximum Gasteiger partial charge on any atom is 0.373 e. The number of benzene rings is 1. The van der Waals surface area contributed by atoms with Crippen LogP contribution in [0, 0.1) is 13.8 Å². The summed E-state index contributed by atoms with van der Waals surface area (Å²) >= 11 is 3.19. The first-order valence-corrected chi connectivity index (χ1v) is 10.5. The number of thioether (sulfide) groups is 1. The molecule has 0 aliphatic heterocycles. The molecular formula is C21H18N2O3S2. The Hall–Kier alpha value is -2.64. The third kappa shape index (κ3) is 3.55. The van der Waals surface area contributed by atoms with Crippen LogP contribution in [0.4, 0.5) is 0 Å². The van der Waals surface area contributed by atoms with Crippen LogP contribution in [-0.2, 0) is 10.5 Å². The Morgan fingerprint density at radius 3 is 2.82 bits per heavy atom. The predicted octanol–water partition coefficient (Wildman–Crippen LogP) is 5.65. The van der Waals surface area contributed by atoms with Gasteiger partial charge in [-0.2, -0.15) is 0 Å². The minimum absolute atomic E-state index is 0.206. The summed E-state index contributed by atoms with van der Waals surface area (Å²) in [6.07, 6.45) is 1.59. The average Bonchev–Trinajstić information content (AvgIpc) is 3.33. The predicted molar refractivity (Wildman–Crippen MR) is 112 cm³/mol. The van der Waals surface area contributed by atoms with Crippen LogP contribution < -0.4 is 0 Å². The number of carbonyl (C=O) groups excluding carboxylic acids is 1. The average molecular weight is 411 g/mol. The van der Waals surface area contributed by atoms with Gasteiger partial charge in [-0.25, -0.2) is 14.8 Å². The topological polar surface area (TPSA) is 65.2 Å². The van der Waals surface area contributed by atoms with E-state index in [1.165, 1.54) is 23.8 Å². The maximum absolute atomic E-state index is 11.6. The number of rotatable bonds is 5. The minimum atomic E-state index is -0.476. The summed E-state index contributed by atoms with van der Waals surface area (Å²) < 4.78 is 10.2. The number of nitrogens with zero attached hydrogens (tertiary/aromatic N) is 2. The molecule has 0 saturated carbocycles. The largest absolute Gasteiger partial charge is 0.463 e. The lowest BCUT2D eigenvalue weighted by Gasteiger charge is -2.08. The molecule has 142 valence electrons. The highest BCUT2D eigenvalue weighted by molar-refractivity contribution is 7.98. The number of fused-ring (bicyclic) bond motifs is 1. The highest BCUT2D eigenvalue weighted by Gasteiger charge is 2.16. The lowest BCUT2D eigenvalue weighted by Crippen LogP contribution is -1.98. The molecule has 3 heterocycles. The van der Waals surface area contributed by atoms with E-state index in [0.29, 0.717) is 11.5 Å². The Bertz CT molecular complexity index is 1160. The van der Waals surface area contributed by atoms with E-state index in [1.807, 2.05) is 0 Å². The van der Waals surface area contributed by atoms with Crippen LogP contribution in [0.15, 0.2) is 51.5 Å². The number of aromatic nitrogens is 2. The number of hydrogen-bond acceptors (Lipinski definition) is 7. The van der Waals surface area contributed by atoms with Crippen LogP contribution in [0.5, 0.6) is 0 Å². The van der Waals surface area contributed by atoms with Crippen molar-refractivity contribution in [1.29, 1.82) is 0 Å². The molecule has 1 aromatic carbocycles. The molecule has 0 aliphatic rings. The first-order valence-electron chi connectivity index (χ1n) is 8.66. The fourth-order valence-corrected chi connectivity index (χ4v) is 4.95. The summed E-state index contributed by atoms with van der Waals surface area (Å²) in [5.74, 6) is 0.985. The van der Waals surface area contributed by atoms with E-state index in [1.54, 1.807) is 41.6 Å². The normalized spacial score (nSPS) is 11.1. The first-order chi connectivity index (χ1) is 13.6. The second kappa shape index (κ2) is 7.77. The Kier molecular flexibility index (Phi) is 5.19. The van der Waals surface area contributed by atoms with E-state index in [9.17, 15) is 4.79 Å². The Labute approximate surface area is 170 Å². The van der Waals surface area contributed by atoms with Crippen LogP contribution in [0.2, 0.25) is 0 Å². The number of thiophene rings is 1. The van der Waals surface area contributed by atoms with Gasteiger partial charge in [0.05, 0.1) is 18.2 Å². The van der Waals surface area contributed by atoms with Crippen molar-refractivity contribution in [3.63, 3.8) is 0 Å². The van der Waals surface area contributed by atoms with E-state index in [0.717, 1.165) is 20.8 Å². The van der Waals surface area contributed by atoms with Crippen LogP contribution in [-0.4, -0.2) is 23.0 Å². The maximum atomic E-state index is 11.6. The van der Waals surface area contributed by atoms with E-state index in [4.69, 9.17) is 4.42 Å². The van der Waals surface area contributed by atoms with Crippen molar-refractivity contribution in [3.8, 4) is 11.1 Å². The molecule has 0 atom stereocenters.